The number of nitrogens with one attached hydrogen (secondary N) is 4. The van der Waals surface area contributed by atoms with E-state index in [1.807, 2.05) is 0 Å². The van der Waals surface area contributed by atoms with Gasteiger partial charge in [0.15, 0.2) is 47.3 Å². The normalized spacial score (nSPS) is 24.9. The molecular formula is C53H72N16O20P2S2. The number of benzene rings is 1. The van der Waals surface area contributed by atoms with E-state index in [4.69, 9.17) is 83.0 Å². The number of aromatic nitrogens is 8. The van der Waals surface area contributed by atoms with E-state index in [-0.39, 0.29) is 105 Å². The van der Waals surface area contributed by atoms with Crippen molar-refractivity contribution in [2.45, 2.75) is 127 Å². The molecule has 7 heterocycles. The van der Waals surface area contributed by atoms with Gasteiger partial charge in [0, 0.05) is 63.5 Å². The number of Topliss-reactive ketones (excluding diaryl/α,β-unsaturated/α-hetero) is 1. The average Bonchev–Trinajstić information content (AvgIpc) is 1.62. The van der Waals surface area contributed by atoms with Gasteiger partial charge < -0.3 is 91.4 Å². The molecule has 4 unspecified atom stereocenters. The number of nitrogens with zero attached hydrogens (tertiary/aromatic N) is 9. The minimum absolute atomic E-state index is 0.00265. The van der Waals surface area contributed by atoms with E-state index in [1.54, 1.807) is 38.1 Å². The second-order valence-electron chi connectivity index (χ2n) is 22.3. The Bertz CT molecular complexity index is 3650. The number of nitrogens with two attached hydrogens (primary N) is 3. The lowest BCUT2D eigenvalue weighted by Crippen LogP contribution is -2.46. The molecule has 36 nitrogen and oxygen atoms in total. The zero-order valence-corrected chi connectivity index (χ0v) is 53.9. The number of ether oxygens (including phenoxy) is 4. The molecule has 8 rings (SSSR count). The Labute approximate surface area is 540 Å². The van der Waals surface area contributed by atoms with Crippen LogP contribution < -0.4 is 38.5 Å². The van der Waals surface area contributed by atoms with Crippen molar-refractivity contribution in [3.05, 3.63) is 55.1 Å². The van der Waals surface area contributed by atoms with Gasteiger partial charge in [-0.3, -0.25) is 46.9 Å². The van der Waals surface area contributed by atoms with Crippen molar-refractivity contribution in [2.75, 3.05) is 56.7 Å². The number of aliphatic carboxylic acids is 1. The average molecular weight is 1380 g/mol. The van der Waals surface area contributed by atoms with E-state index >= 15 is 0 Å². The third-order valence-electron chi connectivity index (χ3n) is 15.0. The second-order valence-corrected chi connectivity index (χ2v) is 27.9. The molecule has 3 aliphatic rings. The van der Waals surface area contributed by atoms with Crippen LogP contribution in [0.3, 0.4) is 0 Å². The van der Waals surface area contributed by atoms with Crippen LogP contribution in [0.2, 0.25) is 0 Å². The summed E-state index contributed by atoms with van der Waals surface area (Å²) in [4.78, 5) is 152. The predicted octanol–water partition coefficient (Wildman–Crippen LogP) is 0.918. The number of amides is 6. The van der Waals surface area contributed by atoms with Crippen LogP contribution in [-0.4, -0.2) is 194 Å². The lowest BCUT2D eigenvalue weighted by atomic mass is 9.89. The van der Waals surface area contributed by atoms with Crippen LogP contribution >= 0.6 is 13.4 Å². The Morgan fingerprint density at radius 1 is 0.774 bits per heavy atom. The van der Waals surface area contributed by atoms with Gasteiger partial charge in [0.2, 0.25) is 17.7 Å². The van der Waals surface area contributed by atoms with Gasteiger partial charge in [0.05, 0.1) is 38.3 Å². The zero-order valence-electron chi connectivity index (χ0n) is 50.5. The fourth-order valence-electron chi connectivity index (χ4n) is 10.2. The van der Waals surface area contributed by atoms with E-state index in [0.717, 1.165) is 0 Å². The van der Waals surface area contributed by atoms with E-state index in [9.17, 15) is 53.2 Å². The predicted molar refractivity (Wildman–Crippen MR) is 331 cm³/mol. The highest BCUT2D eigenvalue weighted by Gasteiger charge is 2.54. The van der Waals surface area contributed by atoms with Crippen LogP contribution in [0.25, 0.3) is 22.3 Å². The van der Waals surface area contributed by atoms with Crippen molar-refractivity contribution in [3.8, 4) is 0 Å². The number of nitrogen functional groups attached to an aromatic ring is 2. The molecule has 2 bridgehead atoms. The number of hydrogen-bond acceptors (Lipinski definition) is 27. The quantitative estimate of drug-likeness (QED) is 0.0208. The number of imidazole rings is 2. The monoisotopic (exact) mass is 1380 g/mol. The molecule has 3 saturated heterocycles. The summed E-state index contributed by atoms with van der Waals surface area (Å²) in [6.07, 6.45) is -8.06. The van der Waals surface area contributed by atoms with E-state index < -0.39 is 147 Å². The lowest BCUT2D eigenvalue weighted by Gasteiger charge is -2.29. The summed E-state index contributed by atoms with van der Waals surface area (Å²) in [5.74, 6) is -6.15. The minimum Gasteiger partial charge on any atom is -0.481 e. The Kier molecular flexibility index (Phi) is 24.2. The molecule has 13 atom stereocenters. The Balaban J connectivity index is 0.863. The van der Waals surface area contributed by atoms with Gasteiger partial charge >= 0.3 is 37.5 Å². The summed E-state index contributed by atoms with van der Waals surface area (Å²) in [6.45, 7) is -5.47. The van der Waals surface area contributed by atoms with Crippen LogP contribution in [0.5, 0.6) is 0 Å². The van der Waals surface area contributed by atoms with Gasteiger partial charge in [-0.1, -0.05) is 32.9 Å². The summed E-state index contributed by atoms with van der Waals surface area (Å²) in [7, 11) is 1.44. The number of fused-ring (bicyclic) bond motifs is 5. The Hall–Kier alpha value is -7.58. The standard InChI is InChI=1S/C53H72N16O20P2S2/c1-26(2)37(66-34(71)13-15-57-48(76)27(3)17-35(72)73)31(70)18-29(7-5-14-58-52(56)78)49(77)65-30-11-9-28(10-12-30)19-82-53(79)67(4)16-6-8-36(74)87-43-41-33(86-51(43)69-25-64-39-45(55)60-23-62-47(39)69)21-84-91(81,93)89-42-40(75)32(20-83-90(80,92)88-41)85-50(42)68-24-63-38-44(54)59-22-61-46(38)68/h9-12,22-27,29,32-33,37,40-43,50-51,75H,5-8,13-21H2,1-4H3,(H,57,76)(H,65,77)(H,66,71)(H,72,73)(H,80,92)(H,81,93)(H2,54,59,61)(H2,55,60,62)(H3,56,58,78)/t27?,29-,32-,33-,37+,40-,41?,42-,43-,50-,51-,90?,91?/m1/s1. The first-order chi connectivity index (χ1) is 44.1. The van der Waals surface area contributed by atoms with E-state index in [0.29, 0.717) is 11.3 Å². The number of anilines is 3. The molecule has 3 aliphatic heterocycles. The van der Waals surface area contributed by atoms with Crippen LogP contribution in [0.4, 0.5) is 26.9 Å². The topological polar surface area (TPSA) is 508 Å². The van der Waals surface area contributed by atoms with Crippen LogP contribution in [0.1, 0.15) is 83.7 Å². The largest absolute Gasteiger partial charge is 0.481 e. The summed E-state index contributed by atoms with van der Waals surface area (Å²) >= 11 is 10.9. The number of esters is 1. The van der Waals surface area contributed by atoms with Crippen molar-refractivity contribution < 1.29 is 95.4 Å². The summed E-state index contributed by atoms with van der Waals surface area (Å²) in [6, 6.07) is 4.53. The first-order valence-corrected chi connectivity index (χ1v) is 34.2. The molecule has 14 N–H and O–H groups in total. The molecule has 0 spiro atoms. The van der Waals surface area contributed by atoms with Crippen molar-refractivity contribution in [2.24, 2.45) is 23.5 Å². The molecule has 93 heavy (non-hydrogen) atoms. The van der Waals surface area contributed by atoms with Crippen LogP contribution in [0, 0.1) is 17.8 Å². The molecule has 0 saturated carbocycles. The summed E-state index contributed by atoms with van der Waals surface area (Å²) in [5.41, 5.74) is 18.8. The molecule has 0 radical (unpaired) electrons. The number of rotatable bonds is 26. The van der Waals surface area contributed by atoms with Crippen LogP contribution in [0.15, 0.2) is 49.6 Å². The van der Waals surface area contributed by atoms with Crippen molar-refractivity contribution >= 4 is 124 Å². The first kappa shape index (κ1) is 71.3. The van der Waals surface area contributed by atoms with E-state index in [1.165, 1.54) is 53.3 Å². The summed E-state index contributed by atoms with van der Waals surface area (Å²) in [5, 5.41) is 30.9. The number of aliphatic hydroxyl groups excluding tert-OH is 1. The number of carbonyl (C=O) groups excluding carboxylic acids is 7. The molecular weight excluding hydrogens is 1310 g/mol. The molecule has 506 valence electrons. The number of carboxylic acid groups (broad SMARTS) is 1. The highest BCUT2D eigenvalue weighted by molar-refractivity contribution is 8.07. The highest BCUT2D eigenvalue weighted by atomic mass is 32.5. The maximum Gasteiger partial charge on any atom is 0.409 e. The van der Waals surface area contributed by atoms with Gasteiger partial charge in [0.25, 0.3) is 0 Å². The number of hydrogen-bond donors (Lipinski definition) is 11. The van der Waals surface area contributed by atoms with Gasteiger partial charge in [-0.25, -0.2) is 39.5 Å². The number of ketones is 1. The van der Waals surface area contributed by atoms with Crippen molar-refractivity contribution in [1.82, 2.24) is 59.9 Å². The Morgan fingerprint density at radius 3 is 1.99 bits per heavy atom. The first-order valence-electron chi connectivity index (χ1n) is 29.1. The molecule has 0 aliphatic carbocycles. The fourth-order valence-corrected chi connectivity index (χ4v) is 13.1. The SMILES string of the molecule is CC(CC(=O)O)C(=O)NCCC(=O)N[C@H](C(=O)C[C@@H](CCCNC(N)=O)C(=O)Nc1ccc(COC(=O)N(C)CCCC(=O)O[C@@H]2C3OP(O)(=S)OC[C@H]4O[C@@H](n5cnc6c(N)ncnc65)[C@H](OP(O)(=S)OC[C@H]3O[C@H]2n2cnc3c(N)ncnc32)[C@@H]4O)cc1)C(C)C. The number of primary amides is 1. The summed E-state index contributed by atoms with van der Waals surface area (Å²) < 4.78 is 50.5. The molecule has 5 aromatic rings. The van der Waals surface area contributed by atoms with Crippen molar-refractivity contribution in [3.63, 3.8) is 0 Å². The van der Waals surface area contributed by atoms with Gasteiger partial charge in [0.1, 0.15) is 60.8 Å². The van der Waals surface area contributed by atoms with Crippen molar-refractivity contribution in [1.29, 1.82) is 0 Å². The maximum atomic E-state index is 13.9. The number of urea groups is 1. The van der Waals surface area contributed by atoms with Gasteiger partial charge in [-0.15, -0.1) is 0 Å². The number of carboxylic acids is 1. The Morgan fingerprint density at radius 2 is 1.38 bits per heavy atom. The number of carbonyl (C=O) groups is 8. The molecule has 1 aromatic carbocycles. The smallest absolute Gasteiger partial charge is 0.409 e. The minimum atomic E-state index is -4.45. The molecule has 6 amide bonds. The van der Waals surface area contributed by atoms with Gasteiger partial charge in [-0.05, 0) is 66.5 Å². The lowest BCUT2D eigenvalue weighted by molar-refractivity contribution is -0.158. The van der Waals surface area contributed by atoms with E-state index in [2.05, 4.69) is 51.2 Å². The maximum absolute atomic E-state index is 13.9. The molecule has 40 heteroatoms. The highest BCUT2D eigenvalue weighted by Crippen LogP contribution is 2.54. The molecule has 3 fully saturated rings. The fraction of sp³-hybridized carbons (Fsp3) is 0.547. The third kappa shape index (κ3) is 18.9. The zero-order chi connectivity index (χ0) is 67.5. The van der Waals surface area contributed by atoms with Crippen LogP contribution in [-0.2, 0) is 96.0 Å². The third-order valence-corrected chi connectivity index (χ3v) is 18.1. The molecule has 4 aromatic heterocycles. The second kappa shape index (κ2) is 31.6. The number of aliphatic hydroxyl groups is 1. The van der Waals surface area contributed by atoms with Gasteiger partial charge in [-0.2, -0.15) is 0 Å².